The van der Waals surface area contributed by atoms with Crippen LogP contribution in [0.3, 0.4) is 0 Å². The minimum atomic E-state index is 0.0752. The molecule has 0 aliphatic carbocycles. The normalized spacial score (nSPS) is 20.3. The molecule has 6 heteroatoms. The van der Waals surface area contributed by atoms with Gasteiger partial charge in [-0.1, -0.05) is 29.8 Å². The van der Waals surface area contributed by atoms with E-state index in [1.807, 2.05) is 0 Å². The third-order valence-electron chi connectivity index (χ3n) is 5.80. The van der Waals surface area contributed by atoms with Crippen molar-refractivity contribution < 1.29 is 9.53 Å². The first kappa shape index (κ1) is 18.9. The Kier molecular flexibility index (Phi) is 5.86. The summed E-state index contributed by atoms with van der Waals surface area (Å²) >= 11 is 0. The molecule has 1 N–H and O–H groups in total. The quantitative estimate of drug-likeness (QED) is 0.864. The number of anilines is 1. The molecule has 1 amide bonds. The zero-order valence-electron chi connectivity index (χ0n) is 16.4. The largest absolute Gasteiger partial charge is 0.381 e. The first-order chi connectivity index (χ1) is 13.7. The van der Waals surface area contributed by atoms with Crippen LogP contribution in [-0.2, 0) is 16.1 Å². The van der Waals surface area contributed by atoms with E-state index in [0.29, 0.717) is 12.5 Å². The molecule has 2 aliphatic heterocycles. The summed E-state index contributed by atoms with van der Waals surface area (Å²) in [5, 5.41) is 3.09. The lowest BCUT2D eigenvalue weighted by molar-refractivity contribution is -0.125. The second-order valence-electron chi connectivity index (χ2n) is 7.83. The van der Waals surface area contributed by atoms with E-state index in [-0.39, 0.29) is 11.8 Å². The number of carbonyl (C=O) groups is 1. The van der Waals surface area contributed by atoms with Gasteiger partial charge in [0.25, 0.3) is 0 Å². The average Bonchev–Trinajstić information content (AvgIpc) is 3.28. The van der Waals surface area contributed by atoms with Crippen molar-refractivity contribution in [2.75, 3.05) is 31.2 Å². The fraction of sp³-hybridized carbons (Fsp3) is 0.500. The highest BCUT2D eigenvalue weighted by Crippen LogP contribution is 2.27. The molecule has 0 bridgehead atoms. The summed E-state index contributed by atoms with van der Waals surface area (Å²) in [7, 11) is 0. The van der Waals surface area contributed by atoms with E-state index in [2.05, 4.69) is 57.4 Å². The first-order valence-electron chi connectivity index (χ1n) is 10.2. The highest BCUT2D eigenvalue weighted by atomic mass is 16.5. The second-order valence-corrected chi connectivity index (χ2v) is 7.83. The van der Waals surface area contributed by atoms with E-state index >= 15 is 0 Å². The zero-order valence-corrected chi connectivity index (χ0v) is 16.4. The summed E-state index contributed by atoms with van der Waals surface area (Å²) < 4.78 is 5.48. The number of hydrogen-bond acceptors (Lipinski definition) is 5. The molecule has 0 saturated carbocycles. The molecule has 2 aliphatic rings. The summed E-state index contributed by atoms with van der Waals surface area (Å²) in [6.45, 7) is 5.92. The van der Waals surface area contributed by atoms with E-state index in [4.69, 9.17) is 4.74 Å². The predicted octanol–water partition coefficient (Wildman–Crippen LogP) is 2.82. The van der Waals surface area contributed by atoms with Gasteiger partial charge in [-0.15, -0.1) is 0 Å². The van der Waals surface area contributed by atoms with Crippen LogP contribution in [0, 0.1) is 12.8 Å². The van der Waals surface area contributed by atoms with Crippen LogP contribution in [0.4, 0.5) is 5.82 Å². The van der Waals surface area contributed by atoms with Gasteiger partial charge in [0.2, 0.25) is 5.91 Å². The smallest absolute Gasteiger partial charge is 0.223 e. The summed E-state index contributed by atoms with van der Waals surface area (Å²) in [6, 6.07) is 10.4. The predicted molar refractivity (Wildman–Crippen MR) is 108 cm³/mol. The van der Waals surface area contributed by atoms with Crippen LogP contribution in [-0.4, -0.2) is 42.2 Å². The number of aromatic nitrogens is 2. The van der Waals surface area contributed by atoms with Crippen molar-refractivity contribution in [1.29, 1.82) is 0 Å². The first-order valence-corrected chi connectivity index (χ1v) is 10.2. The molecule has 2 fully saturated rings. The molecule has 4 rings (SSSR count). The number of benzene rings is 1. The van der Waals surface area contributed by atoms with E-state index in [1.165, 1.54) is 5.56 Å². The van der Waals surface area contributed by atoms with Gasteiger partial charge in [-0.3, -0.25) is 4.79 Å². The molecule has 1 aromatic carbocycles. The third-order valence-corrected chi connectivity index (χ3v) is 5.80. The Labute approximate surface area is 166 Å². The Morgan fingerprint density at radius 1 is 1.18 bits per heavy atom. The Morgan fingerprint density at radius 3 is 2.68 bits per heavy atom. The molecule has 3 heterocycles. The van der Waals surface area contributed by atoms with Gasteiger partial charge in [-0.05, 0) is 31.7 Å². The maximum Gasteiger partial charge on any atom is 0.223 e. The maximum atomic E-state index is 12.5. The van der Waals surface area contributed by atoms with Crippen LogP contribution in [0.15, 0.2) is 36.7 Å². The average molecular weight is 380 g/mol. The van der Waals surface area contributed by atoms with Gasteiger partial charge < -0.3 is 15.0 Å². The maximum absolute atomic E-state index is 12.5. The molecule has 28 heavy (non-hydrogen) atoms. The van der Waals surface area contributed by atoms with Crippen LogP contribution in [0.5, 0.6) is 0 Å². The highest BCUT2D eigenvalue weighted by molar-refractivity contribution is 5.79. The van der Waals surface area contributed by atoms with Crippen LogP contribution in [0.1, 0.15) is 42.0 Å². The monoisotopic (exact) mass is 380 g/mol. The Bertz CT molecular complexity index is 794. The third kappa shape index (κ3) is 4.50. The molecule has 1 aromatic heterocycles. The highest BCUT2D eigenvalue weighted by Gasteiger charge is 2.26. The number of nitrogens with one attached hydrogen (secondary N) is 1. The van der Waals surface area contributed by atoms with Gasteiger partial charge in [-0.25, -0.2) is 9.97 Å². The lowest BCUT2D eigenvalue weighted by Crippen LogP contribution is -2.40. The number of aryl methyl sites for hydroxylation is 1. The molecule has 6 nitrogen and oxygen atoms in total. The molecule has 148 valence electrons. The number of amides is 1. The topological polar surface area (TPSA) is 67.4 Å². The second kappa shape index (κ2) is 8.69. The number of hydrogen-bond donors (Lipinski definition) is 1. The number of nitrogens with zero attached hydrogens (tertiary/aromatic N) is 3. The Balaban J connectivity index is 1.28. The number of ether oxygens (including phenoxy) is 1. The Hall–Kier alpha value is -2.47. The fourth-order valence-electron chi connectivity index (χ4n) is 3.94. The van der Waals surface area contributed by atoms with Crippen molar-refractivity contribution >= 4 is 11.7 Å². The molecule has 0 radical (unpaired) electrons. The number of carbonyl (C=O) groups excluding carboxylic acids is 1. The number of rotatable bonds is 5. The molecule has 2 saturated heterocycles. The summed E-state index contributed by atoms with van der Waals surface area (Å²) in [5.41, 5.74) is 3.44. The van der Waals surface area contributed by atoms with Crippen LogP contribution >= 0.6 is 0 Å². The van der Waals surface area contributed by atoms with Gasteiger partial charge in [-0.2, -0.15) is 0 Å². The van der Waals surface area contributed by atoms with Gasteiger partial charge >= 0.3 is 0 Å². The minimum Gasteiger partial charge on any atom is -0.381 e. The SMILES string of the molecule is Cc1ccc(CNC(=O)C2CCN(c3cc(C4CCOC4)ncn3)CC2)cc1. The number of piperidine rings is 1. The van der Waals surface area contributed by atoms with Gasteiger partial charge in [0.15, 0.2) is 0 Å². The van der Waals surface area contributed by atoms with Crippen molar-refractivity contribution in [2.45, 2.75) is 38.6 Å². The fourth-order valence-corrected chi connectivity index (χ4v) is 3.94. The summed E-state index contributed by atoms with van der Waals surface area (Å²) in [6.07, 6.45) is 4.39. The summed E-state index contributed by atoms with van der Waals surface area (Å²) in [4.78, 5) is 23.7. The van der Waals surface area contributed by atoms with Gasteiger partial charge in [0.05, 0.1) is 12.3 Å². The minimum absolute atomic E-state index is 0.0752. The molecular formula is C22H28N4O2. The van der Waals surface area contributed by atoms with E-state index in [1.54, 1.807) is 6.33 Å². The van der Waals surface area contributed by atoms with Crippen molar-refractivity contribution in [2.24, 2.45) is 5.92 Å². The van der Waals surface area contributed by atoms with Crippen molar-refractivity contribution in [1.82, 2.24) is 15.3 Å². The molecule has 1 unspecified atom stereocenters. The molecule has 2 aromatic rings. The van der Waals surface area contributed by atoms with Crippen molar-refractivity contribution in [3.63, 3.8) is 0 Å². The van der Waals surface area contributed by atoms with Crippen LogP contribution < -0.4 is 10.2 Å². The van der Waals surface area contributed by atoms with E-state index in [0.717, 1.165) is 62.6 Å². The van der Waals surface area contributed by atoms with E-state index < -0.39 is 0 Å². The summed E-state index contributed by atoms with van der Waals surface area (Å²) in [5.74, 6) is 1.58. The lowest BCUT2D eigenvalue weighted by atomic mass is 9.95. The van der Waals surface area contributed by atoms with Crippen molar-refractivity contribution in [3.8, 4) is 0 Å². The molecule has 0 spiro atoms. The van der Waals surface area contributed by atoms with Crippen LogP contribution in [0.25, 0.3) is 0 Å². The van der Waals surface area contributed by atoms with E-state index in [9.17, 15) is 4.79 Å². The van der Waals surface area contributed by atoms with Crippen LogP contribution in [0.2, 0.25) is 0 Å². The molecular weight excluding hydrogens is 352 g/mol. The van der Waals surface area contributed by atoms with Crippen molar-refractivity contribution in [3.05, 3.63) is 53.5 Å². The lowest BCUT2D eigenvalue weighted by Gasteiger charge is -2.32. The standard InChI is InChI=1S/C22H28N4O2/c1-16-2-4-17(5-3-16)13-23-22(27)18-6-9-26(10-7-18)21-12-20(24-15-25-21)19-8-11-28-14-19/h2-5,12,15,18-19H,6-11,13-14H2,1H3,(H,23,27). The Morgan fingerprint density at radius 2 is 1.96 bits per heavy atom. The van der Waals surface area contributed by atoms with Gasteiger partial charge in [0, 0.05) is 44.1 Å². The van der Waals surface area contributed by atoms with Gasteiger partial charge in [0.1, 0.15) is 12.1 Å². The molecule has 1 atom stereocenters. The zero-order chi connectivity index (χ0) is 19.3.